The average Bonchev–Trinajstić information content (AvgIpc) is 3.19. The molecule has 9 nitrogen and oxygen atoms in total. The molecule has 0 spiro atoms. The molecule has 0 saturated heterocycles. The number of carbonyl (C=O) groups is 3. The number of hydrogen-bond acceptors (Lipinski definition) is 6. The van der Waals surface area contributed by atoms with Gasteiger partial charge >= 0.3 is 12.1 Å². The van der Waals surface area contributed by atoms with Crippen molar-refractivity contribution in [1.29, 1.82) is 0 Å². The highest BCUT2D eigenvalue weighted by molar-refractivity contribution is 5.81. The van der Waals surface area contributed by atoms with Gasteiger partial charge in [0.2, 0.25) is 12.0 Å². The predicted molar refractivity (Wildman–Crippen MR) is 126 cm³/mol. The van der Waals surface area contributed by atoms with E-state index in [9.17, 15) is 14.4 Å². The molecule has 0 aromatic heterocycles. The van der Waals surface area contributed by atoms with Gasteiger partial charge in [-0.3, -0.25) is 9.63 Å². The summed E-state index contributed by atoms with van der Waals surface area (Å²) >= 11 is 0. The van der Waals surface area contributed by atoms with Crippen molar-refractivity contribution >= 4 is 18.0 Å². The Morgan fingerprint density at radius 3 is 2.26 bits per heavy atom. The van der Waals surface area contributed by atoms with Crippen molar-refractivity contribution < 1.29 is 33.8 Å². The zero-order valence-electron chi connectivity index (χ0n) is 19.6. The molecule has 2 amide bonds. The van der Waals surface area contributed by atoms with Gasteiger partial charge in [-0.1, -0.05) is 61.4 Å². The monoisotopic (exact) mass is 482 g/mol. The van der Waals surface area contributed by atoms with E-state index in [4.69, 9.17) is 19.4 Å². The normalized spacial score (nSPS) is 19.8. The molecule has 2 aliphatic rings. The van der Waals surface area contributed by atoms with E-state index in [1.165, 1.54) is 7.11 Å². The van der Waals surface area contributed by atoms with Crippen LogP contribution in [0.25, 0.3) is 11.1 Å². The molecule has 35 heavy (non-hydrogen) atoms. The summed E-state index contributed by atoms with van der Waals surface area (Å²) < 4.78 is 10.4. The maximum absolute atomic E-state index is 12.7. The van der Waals surface area contributed by atoms with Crippen molar-refractivity contribution in [2.75, 3.05) is 20.3 Å². The van der Waals surface area contributed by atoms with E-state index in [-0.39, 0.29) is 19.1 Å². The highest BCUT2D eigenvalue weighted by Crippen LogP contribution is 2.44. The Kier molecular flexibility index (Phi) is 7.99. The molecule has 2 aliphatic carbocycles. The van der Waals surface area contributed by atoms with Crippen molar-refractivity contribution in [3.05, 3.63) is 59.7 Å². The number of hydroxylamine groups is 1. The van der Waals surface area contributed by atoms with E-state index in [2.05, 4.69) is 35.1 Å². The van der Waals surface area contributed by atoms with Gasteiger partial charge in [-0.25, -0.2) is 15.1 Å². The molecular weight excluding hydrogens is 452 g/mol. The lowest BCUT2D eigenvalue weighted by molar-refractivity contribution is -0.166. The van der Waals surface area contributed by atoms with Crippen molar-refractivity contribution in [3.8, 4) is 11.1 Å². The van der Waals surface area contributed by atoms with Gasteiger partial charge in [0.15, 0.2) is 0 Å². The minimum atomic E-state index is -1.32. The summed E-state index contributed by atoms with van der Waals surface area (Å²) in [5.41, 5.74) is 6.77. The second-order valence-electron chi connectivity index (χ2n) is 8.83. The van der Waals surface area contributed by atoms with E-state index in [1.54, 1.807) is 0 Å². The van der Waals surface area contributed by atoms with Crippen LogP contribution in [0.1, 0.15) is 42.7 Å². The van der Waals surface area contributed by atoms with Gasteiger partial charge in [-0.15, -0.1) is 0 Å². The van der Waals surface area contributed by atoms with Crippen molar-refractivity contribution in [1.82, 2.24) is 10.8 Å². The predicted octanol–water partition coefficient (Wildman–Crippen LogP) is 3.23. The van der Waals surface area contributed by atoms with Gasteiger partial charge in [-0.05, 0) is 35.1 Å². The fourth-order valence-electron chi connectivity index (χ4n) is 4.92. The molecule has 0 heterocycles. The molecule has 1 fully saturated rings. The Labute approximate surface area is 203 Å². The van der Waals surface area contributed by atoms with Gasteiger partial charge in [0.05, 0.1) is 12.5 Å². The third-order valence-electron chi connectivity index (χ3n) is 6.64. The van der Waals surface area contributed by atoms with Gasteiger partial charge in [0.1, 0.15) is 6.61 Å². The number of carboxylic acids is 1. The standard InChI is InChI=1S/C26H30N2O7/c1-33-15-23(25(30)31)35-28-24(29)20-12-6-7-13-22(20)27-26(32)34-14-21-18-10-4-2-8-16(18)17-9-3-5-11-19(17)21/h2-5,8-11,20-23H,6-7,12-15H2,1H3,(H,27,32)(H,28,29)(H,30,31). The molecule has 0 bridgehead atoms. The maximum Gasteiger partial charge on any atom is 0.407 e. The third-order valence-corrected chi connectivity index (χ3v) is 6.64. The number of carbonyl (C=O) groups excluding carboxylic acids is 2. The Hall–Kier alpha value is -3.43. The van der Waals surface area contributed by atoms with Crippen molar-refractivity contribution in [3.63, 3.8) is 0 Å². The maximum atomic E-state index is 12.7. The van der Waals surface area contributed by atoms with Crippen LogP contribution < -0.4 is 10.8 Å². The minimum absolute atomic E-state index is 0.0549. The molecule has 9 heteroatoms. The lowest BCUT2D eigenvalue weighted by Gasteiger charge is -2.31. The zero-order chi connectivity index (χ0) is 24.8. The van der Waals surface area contributed by atoms with Crippen LogP contribution in [0.2, 0.25) is 0 Å². The Bertz CT molecular complexity index is 1030. The molecule has 186 valence electrons. The molecule has 3 unspecified atom stereocenters. The molecule has 0 aliphatic heterocycles. The van der Waals surface area contributed by atoms with E-state index in [0.29, 0.717) is 12.8 Å². The van der Waals surface area contributed by atoms with Crippen LogP contribution in [0.3, 0.4) is 0 Å². The summed E-state index contributed by atoms with van der Waals surface area (Å²) in [6.07, 6.45) is 0.942. The number of aliphatic carboxylic acids is 1. The number of benzene rings is 2. The number of fused-ring (bicyclic) bond motifs is 3. The zero-order valence-corrected chi connectivity index (χ0v) is 19.6. The fraction of sp³-hybridized carbons (Fsp3) is 0.423. The molecule has 4 rings (SSSR count). The fourth-order valence-corrected chi connectivity index (χ4v) is 4.92. The Morgan fingerprint density at radius 1 is 1.00 bits per heavy atom. The number of alkyl carbamates (subject to hydrolysis) is 1. The van der Waals surface area contributed by atoms with E-state index in [1.807, 2.05) is 24.3 Å². The first kappa shape index (κ1) is 24.7. The van der Waals surface area contributed by atoms with Crippen LogP contribution in [-0.2, 0) is 23.9 Å². The largest absolute Gasteiger partial charge is 0.479 e. The molecule has 3 N–H and O–H groups in total. The summed E-state index contributed by atoms with van der Waals surface area (Å²) in [7, 11) is 1.34. The number of methoxy groups -OCH3 is 1. The summed E-state index contributed by atoms with van der Waals surface area (Å²) in [4.78, 5) is 41.6. The van der Waals surface area contributed by atoms with Crippen LogP contribution in [0.5, 0.6) is 0 Å². The molecule has 2 aromatic carbocycles. The summed E-state index contributed by atoms with van der Waals surface area (Å²) in [6, 6.07) is 15.8. The molecule has 2 aromatic rings. The lowest BCUT2D eigenvalue weighted by atomic mass is 9.84. The molecule has 1 saturated carbocycles. The first-order valence-electron chi connectivity index (χ1n) is 11.8. The van der Waals surface area contributed by atoms with Crippen molar-refractivity contribution in [2.24, 2.45) is 5.92 Å². The number of rotatable bonds is 9. The lowest BCUT2D eigenvalue weighted by Crippen LogP contribution is -2.49. The van der Waals surface area contributed by atoms with Crippen LogP contribution in [0, 0.1) is 5.92 Å². The van der Waals surface area contributed by atoms with Gasteiger partial charge in [-0.2, -0.15) is 0 Å². The number of amides is 2. The summed E-state index contributed by atoms with van der Waals surface area (Å²) in [5, 5.41) is 12.0. The van der Waals surface area contributed by atoms with E-state index < -0.39 is 36.0 Å². The van der Waals surface area contributed by atoms with E-state index in [0.717, 1.165) is 35.1 Å². The average molecular weight is 483 g/mol. The Morgan fingerprint density at radius 2 is 1.63 bits per heavy atom. The van der Waals surface area contributed by atoms with E-state index >= 15 is 0 Å². The smallest absolute Gasteiger partial charge is 0.407 e. The highest BCUT2D eigenvalue weighted by Gasteiger charge is 2.34. The molecule has 0 radical (unpaired) electrons. The number of carboxylic acid groups (broad SMARTS) is 1. The second kappa shape index (κ2) is 11.3. The number of ether oxygens (including phenoxy) is 2. The van der Waals surface area contributed by atoms with Gasteiger partial charge < -0.3 is 19.9 Å². The quantitative estimate of drug-likeness (QED) is 0.469. The first-order valence-corrected chi connectivity index (χ1v) is 11.8. The third kappa shape index (κ3) is 5.63. The first-order chi connectivity index (χ1) is 17.0. The van der Waals surface area contributed by atoms with Crippen LogP contribution in [0.15, 0.2) is 48.5 Å². The molecule has 3 atom stereocenters. The molecular formula is C26H30N2O7. The van der Waals surface area contributed by atoms with Gasteiger partial charge in [0.25, 0.3) is 0 Å². The Balaban J connectivity index is 1.35. The van der Waals surface area contributed by atoms with Crippen molar-refractivity contribution in [2.45, 2.75) is 43.7 Å². The minimum Gasteiger partial charge on any atom is -0.479 e. The van der Waals surface area contributed by atoms with Crippen LogP contribution in [-0.4, -0.2) is 55.5 Å². The van der Waals surface area contributed by atoms with Crippen LogP contribution in [0.4, 0.5) is 4.79 Å². The summed E-state index contributed by atoms with van der Waals surface area (Å²) in [5.74, 6) is -2.33. The SMILES string of the molecule is COCC(ONC(=O)C1CCCCC1NC(=O)OCC1c2ccccc2-c2ccccc21)C(=O)O. The second-order valence-corrected chi connectivity index (χ2v) is 8.83. The number of nitrogens with one attached hydrogen (secondary N) is 2. The number of hydrogen-bond donors (Lipinski definition) is 3. The van der Waals surface area contributed by atoms with Gasteiger partial charge in [0, 0.05) is 19.1 Å². The topological polar surface area (TPSA) is 123 Å². The highest BCUT2D eigenvalue weighted by atomic mass is 16.7. The summed E-state index contributed by atoms with van der Waals surface area (Å²) in [6.45, 7) is -0.0223. The van der Waals surface area contributed by atoms with Crippen LogP contribution >= 0.6 is 0 Å².